The fourth-order valence-electron chi connectivity index (χ4n) is 3.18. The summed E-state index contributed by atoms with van der Waals surface area (Å²) in [4.78, 5) is 14.4. The third-order valence-corrected chi connectivity index (χ3v) is 4.44. The minimum atomic E-state index is -0.267. The number of nitrogens with one attached hydrogen (secondary N) is 1. The summed E-state index contributed by atoms with van der Waals surface area (Å²) in [6, 6.07) is 6.83. The van der Waals surface area contributed by atoms with Crippen LogP contribution in [0.3, 0.4) is 0 Å². The van der Waals surface area contributed by atoms with Crippen molar-refractivity contribution in [3.05, 3.63) is 35.6 Å². The van der Waals surface area contributed by atoms with E-state index in [2.05, 4.69) is 17.1 Å². The molecule has 0 spiro atoms. The summed E-state index contributed by atoms with van der Waals surface area (Å²) >= 11 is 0. The largest absolute Gasteiger partial charge is 0.356 e. The van der Waals surface area contributed by atoms with E-state index in [1.807, 2.05) is 0 Å². The molecule has 4 heteroatoms. The lowest BCUT2D eigenvalue weighted by Crippen LogP contribution is -2.40. The first-order chi connectivity index (χ1) is 10.7. The zero-order valence-corrected chi connectivity index (χ0v) is 13.5. The third kappa shape index (κ3) is 5.41. The molecule has 1 aromatic carbocycles. The van der Waals surface area contributed by atoms with E-state index in [1.165, 1.54) is 44.4 Å². The first kappa shape index (κ1) is 16.9. The van der Waals surface area contributed by atoms with E-state index < -0.39 is 0 Å². The summed E-state index contributed by atoms with van der Waals surface area (Å²) in [5.74, 6) is -0.256. The Morgan fingerprint density at radius 1 is 1.32 bits per heavy atom. The minimum absolute atomic E-state index is 0.0114. The molecular formula is C18H27FN2O. The number of hydrogen-bond donors (Lipinski definition) is 1. The molecule has 1 heterocycles. The molecule has 122 valence electrons. The van der Waals surface area contributed by atoms with Gasteiger partial charge >= 0.3 is 0 Å². The monoisotopic (exact) mass is 306 g/mol. The maximum Gasteiger partial charge on any atom is 0.224 e. The Kier molecular flexibility index (Phi) is 6.84. The van der Waals surface area contributed by atoms with Gasteiger partial charge in [-0.1, -0.05) is 25.5 Å². The van der Waals surface area contributed by atoms with Crippen LogP contribution in [0.15, 0.2) is 24.3 Å². The van der Waals surface area contributed by atoms with Crippen molar-refractivity contribution in [2.75, 3.05) is 19.6 Å². The number of likely N-dealkylation sites (tertiary alicyclic amines) is 1. The van der Waals surface area contributed by atoms with Crippen molar-refractivity contribution in [3.63, 3.8) is 0 Å². The molecule has 0 unspecified atom stereocenters. The summed E-state index contributed by atoms with van der Waals surface area (Å²) in [6.07, 6.45) is 6.49. The van der Waals surface area contributed by atoms with Crippen LogP contribution >= 0.6 is 0 Å². The number of carbonyl (C=O) groups is 1. The molecule has 1 fully saturated rings. The molecule has 1 atom stereocenters. The van der Waals surface area contributed by atoms with E-state index in [0.717, 1.165) is 24.6 Å². The van der Waals surface area contributed by atoms with Crippen molar-refractivity contribution in [1.29, 1.82) is 0 Å². The molecule has 1 saturated heterocycles. The van der Waals surface area contributed by atoms with Gasteiger partial charge in [0.2, 0.25) is 5.91 Å². The Morgan fingerprint density at radius 3 is 2.82 bits per heavy atom. The second-order valence-electron chi connectivity index (χ2n) is 6.10. The van der Waals surface area contributed by atoms with Crippen LogP contribution in [0.1, 0.15) is 44.6 Å². The average Bonchev–Trinajstić information content (AvgIpc) is 2.54. The van der Waals surface area contributed by atoms with E-state index in [0.29, 0.717) is 13.0 Å². The third-order valence-electron chi connectivity index (χ3n) is 4.44. The fraction of sp³-hybridized carbons (Fsp3) is 0.611. The topological polar surface area (TPSA) is 32.3 Å². The van der Waals surface area contributed by atoms with Gasteiger partial charge < -0.3 is 10.2 Å². The van der Waals surface area contributed by atoms with Gasteiger partial charge in [0, 0.05) is 19.1 Å². The van der Waals surface area contributed by atoms with Crippen LogP contribution in [0.5, 0.6) is 0 Å². The van der Waals surface area contributed by atoms with Gasteiger partial charge in [-0.25, -0.2) is 4.39 Å². The van der Waals surface area contributed by atoms with Crippen molar-refractivity contribution < 1.29 is 9.18 Å². The van der Waals surface area contributed by atoms with Crippen LogP contribution in [-0.4, -0.2) is 36.5 Å². The maximum atomic E-state index is 12.8. The number of piperidine rings is 1. The van der Waals surface area contributed by atoms with E-state index in [1.54, 1.807) is 12.1 Å². The van der Waals surface area contributed by atoms with E-state index in [-0.39, 0.29) is 11.7 Å². The fourth-order valence-corrected chi connectivity index (χ4v) is 3.18. The number of amides is 1. The number of carbonyl (C=O) groups excluding carboxylic acids is 1. The molecule has 3 nitrogen and oxygen atoms in total. The lowest BCUT2D eigenvalue weighted by molar-refractivity contribution is -0.120. The lowest BCUT2D eigenvalue weighted by Gasteiger charge is -2.35. The van der Waals surface area contributed by atoms with Crippen molar-refractivity contribution >= 4 is 5.91 Å². The smallest absolute Gasteiger partial charge is 0.224 e. The molecule has 1 N–H and O–H groups in total. The van der Waals surface area contributed by atoms with E-state index in [9.17, 15) is 9.18 Å². The first-order valence-corrected chi connectivity index (χ1v) is 8.44. The number of hydrogen-bond acceptors (Lipinski definition) is 2. The van der Waals surface area contributed by atoms with Crippen molar-refractivity contribution in [2.45, 2.75) is 51.5 Å². The number of halogens is 1. The van der Waals surface area contributed by atoms with Gasteiger partial charge in [0.05, 0.1) is 6.42 Å². The molecule has 0 saturated carbocycles. The Labute approximate surface area is 132 Å². The summed E-state index contributed by atoms with van der Waals surface area (Å²) in [5.41, 5.74) is 0.848. The van der Waals surface area contributed by atoms with Crippen LogP contribution in [-0.2, 0) is 11.2 Å². The Balaban J connectivity index is 1.63. The highest BCUT2D eigenvalue weighted by Gasteiger charge is 2.19. The highest BCUT2D eigenvalue weighted by atomic mass is 19.1. The van der Waals surface area contributed by atoms with Gasteiger partial charge in [-0.05, 0) is 49.9 Å². The van der Waals surface area contributed by atoms with Crippen LogP contribution < -0.4 is 5.32 Å². The highest BCUT2D eigenvalue weighted by molar-refractivity contribution is 5.78. The first-order valence-electron chi connectivity index (χ1n) is 8.44. The van der Waals surface area contributed by atoms with Gasteiger partial charge in [0.25, 0.3) is 0 Å². The predicted molar refractivity (Wildman–Crippen MR) is 87.2 cm³/mol. The van der Waals surface area contributed by atoms with Crippen molar-refractivity contribution in [1.82, 2.24) is 10.2 Å². The summed E-state index contributed by atoms with van der Waals surface area (Å²) in [5, 5.41) is 2.96. The van der Waals surface area contributed by atoms with E-state index in [4.69, 9.17) is 0 Å². The maximum absolute atomic E-state index is 12.8. The second-order valence-corrected chi connectivity index (χ2v) is 6.10. The predicted octanol–water partition coefficient (Wildman–Crippen LogP) is 3.14. The Morgan fingerprint density at radius 2 is 2.09 bits per heavy atom. The highest BCUT2D eigenvalue weighted by Crippen LogP contribution is 2.19. The van der Waals surface area contributed by atoms with Gasteiger partial charge in [0.1, 0.15) is 5.82 Å². The van der Waals surface area contributed by atoms with Crippen LogP contribution in [0.4, 0.5) is 4.39 Å². The molecule has 1 amide bonds. The van der Waals surface area contributed by atoms with Gasteiger partial charge in [-0.15, -0.1) is 0 Å². The molecule has 22 heavy (non-hydrogen) atoms. The Bertz CT molecular complexity index is 461. The van der Waals surface area contributed by atoms with Crippen molar-refractivity contribution in [2.24, 2.45) is 0 Å². The molecule has 1 aromatic rings. The molecule has 0 radical (unpaired) electrons. The van der Waals surface area contributed by atoms with Crippen LogP contribution in [0, 0.1) is 5.82 Å². The van der Waals surface area contributed by atoms with Gasteiger partial charge in [-0.3, -0.25) is 4.79 Å². The molecule has 0 aromatic heterocycles. The molecular weight excluding hydrogens is 279 g/mol. The molecule has 1 aliphatic heterocycles. The number of benzene rings is 1. The summed E-state index contributed by atoms with van der Waals surface area (Å²) < 4.78 is 12.8. The SMILES string of the molecule is CC[C@H]1CCCCN1CCCNC(=O)Cc1ccc(F)cc1. The Hall–Kier alpha value is -1.42. The quantitative estimate of drug-likeness (QED) is 0.785. The van der Waals surface area contributed by atoms with Crippen molar-refractivity contribution in [3.8, 4) is 0 Å². The zero-order valence-electron chi connectivity index (χ0n) is 13.5. The lowest BCUT2D eigenvalue weighted by atomic mass is 10.00. The molecule has 0 aliphatic carbocycles. The summed E-state index contributed by atoms with van der Waals surface area (Å²) in [7, 11) is 0. The zero-order chi connectivity index (χ0) is 15.8. The number of rotatable bonds is 7. The summed E-state index contributed by atoms with van der Waals surface area (Å²) in [6.45, 7) is 5.23. The second kappa shape index (κ2) is 8.89. The van der Waals surface area contributed by atoms with Gasteiger partial charge in [0.15, 0.2) is 0 Å². The van der Waals surface area contributed by atoms with Gasteiger partial charge in [-0.2, -0.15) is 0 Å². The molecule has 0 bridgehead atoms. The molecule has 2 rings (SSSR count). The standard InChI is InChI=1S/C18H27FN2O/c1-2-17-6-3-4-12-21(17)13-5-11-20-18(22)14-15-7-9-16(19)10-8-15/h7-10,17H,2-6,11-14H2,1H3,(H,20,22)/t17-/m0/s1. The minimum Gasteiger partial charge on any atom is -0.356 e. The van der Waals surface area contributed by atoms with Crippen LogP contribution in [0.2, 0.25) is 0 Å². The van der Waals surface area contributed by atoms with E-state index >= 15 is 0 Å². The average molecular weight is 306 g/mol. The number of nitrogens with zero attached hydrogens (tertiary/aromatic N) is 1. The molecule has 1 aliphatic rings. The van der Waals surface area contributed by atoms with Crippen LogP contribution in [0.25, 0.3) is 0 Å². The normalized spacial score (nSPS) is 19.1.